The van der Waals surface area contributed by atoms with Crippen LogP contribution in [0.5, 0.6) is 0 Å². The average Bonchev–Trinajstić information content (AvgIpc) is 2.12. The summed E-state index contributed by atoms with van der Waals surface area (Å²) in [4.78, 5) is 8.68. The quantitative estimate of drug-likeness (QED) is 0.527. The molecule has 0 aromatic carbocycles. The highest BCUT2D eigenvalue weighted by molar-refractivity contribution is 14.1. The number of pyridine rings is 2. The molecule has 4 heteroatoms. The van der Waals surface area contributed by atoms with Gasteiger partial charge in [0.25, 0.3) is 0 Å². The summed E-state index contributed by atoms with van der Waals surface area (Å²) in [6.07, 6.45) is 3.74. The molecular formula is C9H8BIN2. The molecule has 2 nitrogen and oxygen atoms in total. The van der Waals surface area contributed by atoms with Crippen molar-refractivity contribution in [3.63, 3.8) is 0 Å². The maximum absolute atomic E-state index is 4.36. The van der Waals surface area contributed by atoms with Crippen LogP contribution >= 0.6 is 22.6 Å². The van der Waals surface area contributed by atoms with Gasteiger partial charge in [-0.25, -0.2) is 0 Å². The fourth-order valence-electron chi connectivity index (χ4n) is 1.30. The van der Waals surface area contributed by atoms with Crippen LogP contribution in [0, 0.1) is 10.5 Å². The Morgan fingerprint density at radius 3 is 2.92 bits per heavy atom. The minimum Gasteiger partial charge on any atom is -0.261 e. The van der Waals surface area contributed by atoms with Crippen molar-refractivity contribution >= 4 is 46.8 Å². The summed E-state index contributed by atoms with van der Waals surface area (Å²) in [7, 11) is 2.06. The summed E-state index contributed by atoms with van der Waals surface area (Å²) in [6.45, 7) is 2.01. The Morgan fingerprint density at radius 2 is 2.15 bits per heavy atom. The first-order valence-electron chi connectivity index (χ1n) is 4.06. The zero-order valence-corrected chi connectivity index (χ0v) is 9.66. The number of fused-ring (bicyclic) bond motifs is 1. The summed E-state index contributed by atoms with van der Waals surface area (Å²) in [6, 6.07) is 2.00. The fourth-order valence-corrected chi connectivity index (χ4v) is 1.86. The van der Waals surface area contributed by atoms with E-state index in [1.807, 2.05) is 25.4 Å². The number of aryl methyl sites for hydroxylation is 1. The zero-order valence-electron chi connectivity index (χ0n) is 7.50. The lowest BCUT2D eigenvalue weighted by Gasteiger charge is -2.04. The second-order valence-corrected chi connectivity index (χ2v) is 4.19. The summed E-state index contributed by atoms with van der Waals surface area (Å²) in [5.74, 6) is 0. The molecule has 0 N–H and O–H groups in total. The van der Waals surface area contributed by atoms with E-state index in [-0.39, 0.29) is 0 Å². The van der Waals surface area contributed by atoms with Gasteiger partial charge in [0.2, 0.25) is 0 Å². The van der Waals surface area contributed by atoms with Crippen LogP contribution in [0.4, 0.5) is 0 Å². The van der Waals surface area contributed by atoms with Crippen molar-refractivity contribution in [2.24, 2.45) is 0 Å². The molecule has 0 spiro atoms. The van der Waals surface area contributed by atoms with Crippen LogP contribution in [-0.4, -0.2) is 17.8 Å². The third kappa shape index (κ3) is 1.43. The number of hydrogen-bond donors (Lipinski definition) is 0. The first-order valence-corrected chi connectivity index (χ1v) is 5.14. The number of nitrogens with zero attached hydrogens (tertiary/aromatic N) is 2. The van der Waals surface area contributed by atoms with Gasteiger partial charge < -0.3 is 0 Å². The Labute approximate surface area is 91.3 Å². The molecule has 0 unspecified atom stereocenters. The topological polar surface area (TPSA) is 25.8 Å². The predicted octanol–water partition coefficient (Wildman–Crippen LogP) is 0.801. The SMILES string of the molecule is Bc1c(C)ncc2c(I)ccnc12. The molecular weight excluding hydrogens is 274 g/mol. The van der Waals surface area contributed by atoms with E-state index >= 15 is 0 Å². The monoisotopic (exact) mass is 282 g/mol. The van der Waals surface area contributed by atoms with E-state index in [0.29, 0.717) is 0 Å². The van der Waals surface area contributed by atoms with Gasteiger partial charge in [-0.3, -0.25) is 9.97 Å². The van der Waals surface area contributed by atoms with Crippen molar-refractivity contribution in [2.45, 2.75) is 6.92 Å². The molecule has 2 heterocycles. The van der Waals surface area contributed by atoms with Gasteiger partial charge in [0, 0.05) is 27.0 Å². The molecule has 0 radical (unpaired) electrons. The van der Waals surface area contributed by atoms with Crippen molar-refractivity contribution in [3.8, 4) is 0 Å². The van der Waals surface area contributed by atoms with E-state index < -0.39 is 0 Å². The lowest BCUT2D eigenvalue weighted by Crippen LogP contribution is -2.12. The molecule has 0 fully saturated rings. The van der Waals surface area contributed by atoms with Crippen molar-refractivity contribution in [1.82, 2.24) is 9.97 Å². The Bertz CT molecular complexity index is 470. The standard InChI is InChI=1S/C9H8BIN2/c1-5-8(10)9-6(4-13-5)7(11)2-3-12-9/h2-4H,10H2,1H3. The summed E-state index contributed by atoms with van der Waals surface area (Å²) >= 11 is 2.31. The lowest BCUT2D eigenvalue weighted by molar-refractivity contribution is 1.23. The first-order chi connectivity index (χ1) is 6.20. The predicted molar refractivity (Wildman–Crippen MR) is 65.2 cm³/mol. The first kappa shape index (κ1) is 8.93. The molecule has 0 saturated carbocycles. The molecule has 2 rings (SSSR count). The Balaban J connectivity index is 2.94. The highest BCUT2D eigenvalue weighted by Crippen LogP contribution is 2.15. The zero-order chi connectivity index (χ0) is 9.42. The van der Waals surface area contributed by atoms with Crippen LogP contribution in [0.1, 0.15) is 5.69 Å². The molecule has 13 heavy (non-hydrogen) atoms. The van der Waals surface area contributed by atoms with E-state index in [1.165, 1.54) is 9.03 Å². The maximum atomic E-state index is 4.36. The van der Waals surface area contributed by atoms with Gasteiger partial charge in [0.05, 0.1) is 5.52 Å². The van der Waals surface area contributed by atoms with Crippen molar-refractivity contribution in [2.75, 3.05) is 0 Å². The van der Waals surface area contributed by atoms with Crippen molar-refractivity contribution in [3.05, 3.63) is 27.7 Å². The minimum absolute atomic E-state index is 1.06. The van der Waals surface area contributed by atoms with Crippen molar-refractivity contribution < 1.29 is 0 Å². The Morgan fingerprint density at radius 1 is 1.38 bits per heavy atom. The van der Waals surface area contributed by atoms with Crippen LogP contribution in [0.2, 0.25) is 0 Å². The molecule has 2 aromatic rings. The number of hydrogen-bond acceptors (Lipinski definition) is 2. The molecule has 0 aliphatic carbocycles. The molecule has 0 amide bonds. The van der Waals surface area contributed by atoms with Gasteiger partial charge in [0.1, 0.15) is 7.85 Å². The van der Waals surface area contributed by atoms with E-state index in [2.05, 4.69) is 40.4 Å². The van der Waals surface area contributed by atoms with Crippen LogP contribution in [-0.2, 0) is 0 Å². The van der Waals surface area contributed by atoms with Gasteiger partial charge in [-0.2, -0.15) is 0 Å². The van der Waals surface area contributed by atoms with Gasteiger partial charge in [-0.15, -0.1) is 0 Å². The van der Waals surface area contributed by atoms with Crippen LogP contribution < -0.4 is 5.46 Å². The van der Waals surface area contributed by atoms with Crippen molar-refractivity contribution in [1.29, 1.82) is 0 Å². The number of aromatic nitrogens is 2. The molecule has 0 aliphatic heterocycles. The van der Waals surface area contributed by atoms with E-state index in [4.69, 9.17) is 0 Å². The van der Waals surface area contributed by atoms with Gasteiger partial charge in [0.15, 0.2) is 0 Å². The second-order valence-electron chi connectivity index (χ2n) is 3.02. The lowest BCUT2D eigenvalue weighted by atomic mass is 9.92. The van der Waals surface area contributed by atoms with E-state index in [1.54, 1.807) is 0 Å². The summed E-state index contributed by atoms with van der Waals surface area (Å²) in [5.41, 5.74) is 3.30. The third-order valence-corrected chi connectivity index (χ3v) is 3.16. The second kappa shape index (κ2) is 3.25. The summed E-state index contributed by atoms with van der Waals surface area (Å²) < 4.78 is 1.21. The maximum Gasteiger partial charge on any atom is 0.144 e. The van der Waals surface area contributed by atoms with Crippen LogP contribution in [0.25, 0.3) is 10.9 Å². The number of rotatable bonds is 0. The largest absolute Gasteiger partial charge is 0.261 e. The molecule has 2 aromatic heterocycles. The Kier molecular flexibility index (Phi) is 2.23. The molecule has 0 saturated heterocycles. The Hall–Kier alpha value is -0.645. The molecule has 64 valence electrons. The molecule has 0 aliphatic rings. The highest BCUT2D eigenvalue weighted by Gasteiger charge is 2.04. The smallest absolute Gasteiger partial charge is 0.144 e. The molecule has 0 bridgehead atoms. The van der Waals surface area contributed by atoms with Gasteiger partial charge >= 0.3 is 0 Å². The van der Waals surface area contributed by atoms with Crippen LogP contribution in [0.15, 0.2) is 18.5 Å². The number of halogens is 1. The van der Waals surface area contributed by atoms with Gasteiger partial charge in [-0.05, 0) is 41.0 Å². The fraction of sp³-hybridized carbons (Fsp3) is 0.111. The normalized spacial score (nSPS) is 10.6. The summed E-state index contributed by atoms with van der Waals surface area (Å²) in [5, 5.41) is 1.14. The van der Waals surface area contributed by atoms with Crippen LogP contribution in [0.3, 0.4) is 0 Å². The van der Waals surface area contributed by atoms with E-state index in [0.717, 1.165) is 16.6 Å². The highest BCUT2D eigenvalue weighted by atomic mass is 127. The molecule has 0 atom stereocenters. The van der Waals surface area contributed by atoms with Gasteiger partial charge in [-0.1, -0.05) is 0 Å². The average molecular weight is 282 g/mol. The minimum atomic E-state index is 1.06. The van der Waals surface area contributed by atoms with E-state index in [9.17, 15) is 0 Å². The third-order valence-electron chi connectivity index (χ3n) is 2.22.